The lowest BCUT2D eigenvalue weighted by molar-refractivity contribution is -0.121. The van der Waals surface area contributed by atoms with Gasteiger partial charge in [-0.15, -0.1) is 0 Å². The van der Waals surface area contributed by atoms with Crippen LogP contribution in [0.25, 0.3) is 0 Å². The van der Waals surface area contributed by atoms with Gasteiger partial charge in [-0.2, -0.15) is 0 Å². The van der Waals surface area contributed by atoms with Gasteiger partial charge in [-0.1, -0.05) is 6.92 Å². The molecule has 1 aliphatic carbocycles. The summed E-state index contributed by atoms with van der Waals surface area (Å²) in [5.41, 5.74) is 0.617. The standard InChI is InChI=1S/C17H26N2O3/c1-5-11(2)18-16(20)8-9-19(14-6-7-14)17(21)15-10-12(3)22-13(15)4/h10-11,14H,5-9H2,1-4H3,(H,18,20)/t11-/m0/s1. The number of carbonyl (C=O) groups is 2. The highest BCUT2D eigenvalue weighted by molar-refractivity contribution is 5.96. The molecule has 22 heavy (non-hydrogen) atoms. The maximum atomic E-state index is 12.7. The largest absolute Gasteiger partial charge is 0.466 e. The number of rotatable bonds is 7. The zero-order chi connectivity index (χ0) is 16.3. The second-order valence-corrected chi connectivity index (χ2v) is 6.18. The van der Waals surface area contributed by atoms with Crippen LogP contribution < -0.4 is 5.32 Å². The molecule has 0 bridgehead atoms. The molecule has 1 saturated carbocycles. The zero-order valence-electron chi connectivity index (χ0n) is 13.9. The summed E-state index contributed by atoms with van der Waals surface area (Å²) >= 11 is 0. The number of hydrogen-bond donors (Lipinski definition) is 1. The number of nitrogens with zero attached hydrogens (tertiary/aromatic N) is 1. The number of aryl methyl sites for hydroxylation is 2. The molecule has 5 nitrogen and oxygen atoms in total. The van der Waals surface area contributed by atoms with E-state index in [2.05, 4.69) is 5.32 Å². The summed E-state index contributed by atoms with van der Waals surface area (Å²) in [6, 6.07) is 2.24. The highest BCUT2D eigenvalue weighted by atomic mass is 16.3. The van der Waals surface area contributed by atoms with E-state index in [4.69, 9.17) is 4.42 Å². The lowest BCUT2D eigenvalue weighted by Gasteiger charge is -2.22. The SMILES string of the molecule is CC[C@H](C)NC(=O)CCN(C(=O)c1cc(C)oc1C)C1CC1. The lowest BCUT2D eigenvalue weighted by Crippen LogP contribution is -2.38. The van der Waals surface area contributed by atoms with Gasteiger partial charge in [0.05, 0.1) is 5.56 Å². The monoisotopic (exact) mass is 306 g/mol. The first-order valence-corrected chi connectivity index (χ1v) is 8.09. The van der Waals surface area contributed by atoms with Crippen LogP contribution in [0, 0.1) is 13.8 Å². The molecule has 0 aliphatic heterocycles. The van der Waals surface area contributed by atoms with Crippen molar-refractivity contribution < 1.29 is 14.0 Å². The molecule has 122 valence electrons. The third-order valence-corrected chi connectivity index (χ3v) is 4.12. The van der Waals surface area contributed by atoms with Crippen LogP contribution in [0.4, 0.5) is 0 Å². The number of nitrogens with one attached hydrogen (secondary N) is 1. The molecule has 1 aliphatic rings. The molecule has 1 fully saturated rings. The van der Waals surface area contributed by atoms with Crippen LogP contribution in [0.2, 0.25) is 0 Å². The molecule has 0 radical (unpaired) electrons. The molecule has 5 heteroatoms. The normalized spacial score (nSPS) is 15.5. The Labute approximate surface area is 132 Å². The van der Waals surface area contributed by atoms with Crippen molar-refractivity contribution in [3.05, 3.63) is 23.2 Å². The molecule has 0 spiro atoms. The molecule has 1 aromatic heterocycles. The quantitative estimate of drug-likeness (QED) is 0.842. The second-order valence-electron chi connectivity index (χ2n) is 6.18. The summed E-state index contributed by atoms with van der Waals surface area (Å²) in [5.74, 6) is 1.38. The van der Waals surface area contributed by atoms with E-state index in [1.165, 1.54) is 0 Å². The molecule has 0 unspecified atom stereocenters. The molecule has 1 heterocycles. The summed E-state index contributed by atoms with van der Waals surface area (Å²) in [4.78, 5) is 26.4. The van der Waals surface area contributed by atoms with Crippen molar-refractivity contribution in [3.63, 3.8) is 0 Å². The Bertz CT molecular complexity index is 546. The summed E-state index contributed by atoms with van der Waals surface area (Å²) in [5, 5.41) is 2.94. The van der Waals surface area contributed by atoms with Gasteiger partial charge in [-0.3, -0.25) is 9.59 Å². The molecule has 1 atom stereocenters. The molecule has 0 saturated heterocycles. The van der Waals surface area contributed by atoms with Crippen molar-refractivity contribution in [1.29, 1.82) is 0 Å². The summed E-state index contributed by atoms with van der Waals surface area (Å²) in [6.07, 6.45) is 3.30. The van der Waals surface area contributed by atoms with E-state index in [1.807, 2.05) is 25.7 Å². The Balaban J connectivity index is 1.97. The highest BCUT2D eigenvalue weighted by Crippen LogP contribution is 2.29. The van der Waals surface area contributed by atoms with E-state index in [0.717, 1.165) is 25.0 Å². The fourth-order valence-electron chi connectivity index (χ4n) is 2.51. The topological polar surface area (TPSA) is 62.6 Å². The van der Waals surface area contributed by atoms with E-state index in [9.17, 15) is 9.59 Å². The van der Waals surface area contributed by atoms with E-state index >= 15 is 0 Å². The van der Waals surface area contributed by atoms with Crippen molar-refractivity contribution in [3.8, 4) is 0 Å². The van der Waals surface area contributed by atoms with Crippen LogP contribution in [0.1, 0.15) is 61.4 Å². The second kappa shape index (κ2) is 6.99. The first-order chi connectivity index (χ1) is 10.4. The molecule has 2 rings (SSSR count). The van der Waals surface area contributed by atoms with Gasteiger partial charge in [0.1, 0.15) is 11.5 Å². The summed E-state index contributed by atoms with van der Waals surface area (Å²) in [7, 11) is 0. The Hall–Kier alpha value is -1.78. The molecule has 1 aromatic rings. The predicted molar refractivity (Wildman–Crippen MR) is 84.8 cm³/mol. The van der Waals surface area contributed by atoms with Gasteiger partial charge in [-0.05, 0) is 46.1 Å². The first kappa shape index (κ1) is 16.6. The van der Waals surface area contributed by atoms with Crippen LogP contribution in [-0.2, 0) is 4.79 Å². The van der Waals surface area contributed by atoms with Crippen LogP contribution in [0.3, 0.4) is 0 Å². The van der Waals surface area contributed by atoms with Crippen molar-refractivity contribution in [2.75, 3.05) is 6.54 Å². The fraction of sp³-hybridized carbons (Fsp3) is 0.647. The minimum Gasteiger partial charge on any atom is -0.466 e. The maximum absolute atomic E-state index is 12.7. The van der Waals surface area contributed by atoms with Crippen LogP contribution in [0.5, 0.6) is 0 Å². The van der Waals surface area contributed by atoms with Gasteiger partial charge in [0.25, 0.3) is 5.91 Å². The Morgan fingerprint density at radius 3 is 2.59 bits per heavy atom. The Morgan fingerprint density at radius 1 is 1.41 bits per heavy atom. The van der Waals surface area contributed by atoms with Gasteiger partial charge in [0, 0.05) is 25.0 Å². The smallest absolute Gasteiger partial charge is 0.257 e. The highest BCUT2D eigenvalue weighted by Gasteiger charge is 2.34. The van der Waals surface area contributed by atoms with Crippen LogP contribution >= 0.6 is 0 Å². The third-order valence-electron chi connectivity index (χ3n) is 4.12. The zero-order valence-corrected chi connectivity index (χ0v) is 13.9. The number of amides is 2. The number of carbonyl (C=O) groups excluding carboxylic acids is 2. The third kappa shape index (κ3) is 4.12. The van der Waals surface area contributed by atoms with Gasteiger partial charge in [0.2, 0.25) is 5.91 Å². The fourth-order valence-corrected chi connectivity index (χ4v) is 2.51. The maximum Gasteiger partial charge on any atom is 0.257 e. The summed E-state index contributed by atoms with van der Waals surface area (Å²) < 4.78 is 5.45. The lowest BCUT2D eigenvalue weighted by atomic mass is 10.2. The van der Waals surface area contributed by atoms with Gasteiger partial charge >= 0.3 is 0 Å². The van der Waals surface area contributed by atoms with Gasteiger partial charge in [-0.25, -0.2) is 0 Å². The summed E-state index contributed by atoms with van der Waals surface area (Å²) in [6.45, 7) is 8.13. The van der Waals surface area contributed by atoms with E-state index in [-0.39, 0.29) is 23.9 Å². The number of hydrogen-bond acceptors (Lipinski definition) is 3. The average molecular weight is 306 g/mol. The number of furan rings is 1. The Kier molecular flexibility index (Phi) is 5.27. The van der Waals surface area contributed by atoms with Crippen molar-refractivity contribution in [2.24, 2.45) is 0 Å². The van der Waals surface area contributed by atoms with Crippen LogP contribution in [-0.4, -0.2) is 35.3 Å². The molecule has 1 N–H and O–H groups in total. The van der Waals surface area contributed by atoms with Crippen molar-refractivity contribution in [1.82, 2.24) is 10.2 Å². The van der Waals surface area contributed by atoms with Gasteiger partial charge < -0.3 is 14.6 Å². The van der Waals surface area contributed by atoms with E-state index < -0.39 is 0 Å². The minimum atomic E-state index is -0.0202. The predicted octanol–water partition coefficient (Wildman–Crippen LogP) is 2.81. The first-order valence-electron chi connectivity index (χ1n) is 8.09. The molecular formula is C17H26N2O3. The minimum absolute atomic E-state index is 0.00731. The average Bonchev–Trinajstić information content (AvgIpc) is 3.23. The van der Waals surface area contributed by atoms with E-state index in [0.29, 0.717) is 24.3 Å². The molecular weight excluding hydrogens is 280 g/mol. The van der Waals surface area contributed by atoms with E-state index in [1.54, 1.807) is 13.0 Å². The van der Waals surface area contributed by atoms with Crippen molar-refractivity contribution in [2.45, 2.75) is 65.5 Å². The molecule has 2 amide bonds. The van der Waals surface area contributed by atoms with Gasteiger partial charge in [0.15, 0.2) is 0 Å². The van der Waals surface area contributed by atoms with Crippen LogP contribution in [0.15, 0.2) is 10.5 Å². The van der Waals surface area contributed by atoms with Crippen molar-refractivity contribution >= 4 is 11.8 Å². The Morgan fingerprint density at radius 2 is 2.09 bits per heavy atom. The molecule has 0 aromatic carbocycles.